The molecular weight excluding hydrogens is 351 g/mol. The van der Waals surface area contributed by atoms with E-state index in [4.69, 9.17) is 5.73 Å². The van der Waals surface area contributed by atoms with Crippen molar-refractivity contribution >= 4 is 29.9 Å². The third kappa shape index (κ3) is 5.10. The zero-order chi connectivity index (χ0) is 13.1. The minimum atomic E-state index is 0. The Bertz CT molecular complexity index is 292. The van der Waals surface area contributed by atoms with Crippen LogP contribution in [0.4, 0.5) is 0 Å². The molecule has 2 rings (SSSR count). The number of guanidine groups is 1. The molecule has 1 unspecified atom stereocenters. The van der Waals surface area contributed by atoms with Gasteiger partial charge in [0, 0.05) is 19.1 Å². The van der Waals surface area contributed by atoms with Crippen LogP contribution in [-0.2, 0) is 0 Å². The van der Waals surface area contributed by atoms with Crippen molar-refractivity contribution in [1.29, 1.82) is 0 Å². The number of aliphatic imine (C=N–C) groups is 1. The van der Waals surface area contributed by atoms with Gasteiger partial charge in [0.2, 0.25) is 0 Å². The van der Waals surface area contributed by atoms with Crippen molar-refractivity contribution in [2.45, 2.75) is 38.6 Å². The molecule has 0 amide bonds. The highest BCUT2D eigenvalue weighted by atomic mass is 127. The highest BCUT2D eigenvalue weighted by molar-refractivity contribution is 14.0. The van der Waals surface area contributed by atoms with Gasteiger partial charge in [0.1, 0.15) is 0 Å². The second-order valence-electron chi connectivity index (χ2n) is 6.24. The number of rotatable bonds is 4. The van der Waals surface area contributed by atoms with Crippen molar-refractivity contribution in [3.05, 3.63) is 0 Å². The van der Waals surface area contributed by atoms with Gasteiger partial charge in [-0.1, -0.05) is 6.92 Å². The SMILES string of the molecule is CC1CCN(C(N)=NCC(C2CC2)N(C)C)CC1.I. The smallest absolute Gasteiger partial charge is 0.191 e. The van der Waals surface area contributed by atoms with E-state index < -0.39 is 0 Å². The maximum atomic E-state index is 6.12. The number of halogens is 1. The fraction of sp³-hybridized carbons (Fsp3) is 0.929. The zero-order valence-electron chi connectivity index (χ0n) is 12.5. The Hall–Kier alpha value is -0.0400. The average Bonchev–Trinajstić information content (AvgIpc) is 3.14. The van der Waals surface area contributed by atoms with E-state index in [0.29, 0.717) is 6.04 Å². The number of likely N-dealkylation sites (tertiary alicyclic amines) is 1. The molecule has 1 heterocycles. The van der Waals surface area contributed by atoms with E-state index in [0.717, 1.165) is 37.4 Å². The summed E-state index contributed by atoms with van der Waals surface area (Å²) in [5, 5.41) is 0. The zero-order valence-corrected chi connectivity index (χ0v) is 14.8. The van der Waals surface area contributed by atoms with E-state index in [2.05, 4.69) is 35.8 Å². The maximum absolute atomic E-state index is 6.12. The molecular formula is C14H29IN4. The Kier molecular flexibility index (Phi) is 6.86. The molecule has 112 valence electrons. The van der Waals surface area contributed by atoms with Crippen LogP contribution in [-0.4, -0.2) is 55.5 Å². The van der Waals surface area contributed by atoms with Crippen molar-refractivity contribution in [1.82, 2.24) is 9.80 Å². The van der Waals surface area contributed by atoms with Crippen LogP contribution in [0, 0.1) is 11.8 Å². The molecule has 1 saturated carbocycles. The summed E-state index contributed by atoms with van der Waals surface area (Å²) in [5.41, 5.74) is 6.12. The molecule has 4 nitrogen and oxygen atoms in total. The topological polar surface area (TPSA) is 44.9 Å². The third-order valence-electron chi connectivity index (χ3n) is 4.38. The molecule has 1 atom stereocenters. The summed E-state index contributed by atoms with van der Waals surface area (Å²) in [4.78, 5) is 9.18. The minimum Gasteiger partial charge on any atom is -0.370 e. The summed E-state index contributed by atoms with van der Waals surface area (Å²) in [6.07, 6.45) is 5.21. The van der Waals surface area contributed by atoms with E-state index in [-0.39, 0.29) is 24.0 Å². The third-order valence-corrected chi connectivity index (χ3v) is 4.38. The largest absolute Gasteiger partial charge is 0.370 e. The highest BCUT2D eigenvalue weighted by Gasteiger charge is 2.32. The minimum absolute atomic E-state index is 0. The number of piperidine rings is 1. The first-order valence-electron chi connectivity index (χ1n) is 7.29. The van der Waals surface area contributed by atoms with E-state index in [1.165, 1.54) is 25.7 Å². The molecule has 1 saturated heterocycles. The summed E-state index contributed by atoms with van der Waals surface area (Å²) < 4.78 is 0. The first-order chi connectivity index (χ1) is 8.58. The molecule has 2 fully saturated rings. The van der Waals surface area contributed by atoms with Crippen LogP contribution >= 0.6 is 24.0 Å². The van der Waals surface area contributed by atoms with Gasteiger partial charge in [0.05, 0.1) is 6.54 Å². The quantitative estimate of drug-likeness (QED) is 0.461. The molecule has 0 aromatic carbocycles. The van der Waals surface area contributed by atoms with Crippen LogP contribution in [0.2, 0.25) is 0 Å². The summed E-state index contributed by atoms with van der Waals surface area (Å²) >= 11 is 0. The van der Waals surface area contributed by atoms with Crippen molar-refractivity contribution in [2.75, 3.05) is 33.7 Å². The molecule has 1 aliphatic heterocycles. The predicted molar refractivity (Wildman–Crippen MR) is 92.1 cm³/mol. The molecule has 5 heteroatoms. The van der Waals surface area contributed by atoms with E-state index in [1.807, 2.05) is 0 Å². The summed E-state index contributed by atoms with van der Waals surface area (Å²) in [7, 11) is 4.30. The van der Waals surface area contributed by atoms with Gasteiger partial charge in [-0.3, -0.25) is 4.99 Å². The number of hydrogen-bond donors (Lipinski definition) is 1. The average molecular weight is 380 g/mol. The van der Waals surface area contributed by atoms with Gasteiger partial charge >= 0.3 is 0 Å². The van der Waals surface area contributed by atoms with Crippen LogP contribution < -0.4 is 5.73 Å². The molecule has 2 aliphatic rings. The molecule has 0 radical (unpaired) electrons. The number of nitrogens with zero attached hydrogens (tertiary/aromatic N) is 3. The molecule has 0 spiro atoms. The van der Waals surface area contributed by atoms with Crippen molar-refractivity contribution < 1.29 is 0 Å². The van der Waals surface area contributed by atoms with Crippen molar-refractivity contribution in [3.63, 3.8) is 0 Å². The Morgan fingerprint density at radius 2 is 1.84 bits per heavy atom. The summed E-state index contributed by atoms with van der Waals surface area (Å²) in [6, 6.07) is 0.576. The van der Waals surface area contributed by atoms with Crippen molar-refractivity contribution in [2.24, 2.45) is 22.6 Å². The lowest BCUT2D eigenvalue weighted by atomic mass is 10.00. The van der Waals surface area contributed by atoms with Crippen molar-refractivity contribution in [3.8, 4) is 0 Å². The van der Waals surface area contributed by atoms with Crippen LogP contribution in [0.1, 0.15) is 32.6 Å². The Morgan fingerprint density at radius 1 is 1.26 bits per heavy atom. The van der Waals surface area contributed by atoms with E-state index in [1.54, 1.807) is 0 Å². The van der Waals surface area contributed by atoms with Gasteiger partial charge in [-0.25, -0.2) is 0 Å². The Labute approximate surface area is 134 Å². The van der Waals surface area contributed by atoms with Crippen LogP contribution in [0.15, 0.2) is 4.99 Å². The summed E-state index contributed by atoms with van der Waals surface area (Å²) in [5.74, 6) is 2.45. The lowest BCUT2D eigenvalue weighted by Gasteiger charge is -2.31. The lowest BCUT2D eigenvalue weighted by molar-refractivity contribution is 0.263. The normalized spacial score (nSPS) is 23.4. The lowest BCUT2D eigenvalue weighted by Crippen LogP contribution is -2.43. The second-order valence-corrected chi connectivity index (χ2v) is 6.24. The van der Waals surface area contributed by atoms with Crippen LogP contribution in [0.25, 0.3) is 0 Å². The van der Waals surface area contributed by atoms with Gasteiger partial charge in [0.15, 0.2) is 5.96 Å². The van der Waals surface area contributed by atoms with Gasteiger partial charge in [-0.15, -0.1) is 24.0 Å². The van der Waals surface area contributed by atoms with Gasteiger partial charge in [0.25, 0.3) is 0 Å². The van der Waals surface area contributed by atoms with E-state index in [9.17, 15) is 0 Å². The fourth-order valence-corrected chi connectivity index (χ4v) is 2.74. The molecule has 0 aromatic rings. The number of hydrogen-bond acceptors (Lipinski definition) is 2. The van der Waals surface area contributed by atoms with Gasteiger partial charge in [-0.05, 0) is 51.6 Å². The first-order valence-corrected chi connectivity index (χ1v) is 7.29. The second kappa shape index (κ2) is 7.67. The molecule has 0 bridgehead atoms. The molecule has 19 heavy (non-hydrogen) atoms. The number of nitrogens with two attached hydrogens (primary N) is 1. The van der Waals surface area contributed by atoms with Gasteiger partial charge < -0.3 is 15.5 Å². The monoisotopic (exact) mass is 380 g/mol. The standard InChI is InChI=1S/C14H28N4.HI/c1-11-6-8-18(9-7-11)14(15)16-10-13(17(2)3)12-4-5-12;/h11-13H,4-10H2,1-3H3,(H2,15,16);1H. The van der Waals surface area contributed by atoms with Crippen LogP contribution in [0.5, 0.6) is 0 Å². The number of likely N-dealkylation sites (N-methyl/N-ethyl adjacent to an activating group) is 1. The van der Waals surface area contributed by atoms with E-state index >= 15 is 0 Å². The summed E-state index contributed by atoms with van der Waals surface area (Å²) in [6.45, 7) is 5.33. The molecule has 0 aromatic heterocycles. The maximum Gasteiger partial charge on any atom is 0.191 e. The Morgan fingerprint density at radius 3 is 2.32 bits per heavy atom. The Balaban J connectivity index is 0.00000180. The fourth-order valence-electron chi connectivity index (χ4n) is 2.74. The van der Waals surface area contributed by atoms with Crippen LogP contribution in [0.3, 0.4) is 0 Å². The van der Waals surface area contributed by atoms with Gasteiger partial charge in [-0.2, -0.15) is 0 Å². The predicted octanol–water partition coefficient (Wildman–Crippen LogP) is 1.99. The molecule has 2 N–H and O–H groups in total. The first kappa shape index (κ1) is 17.0. The molecule has 1 aliphatic carbocycles. The highest BCUT2D eigenvalue weighted by Crippen LogP contribution is 2.34.